The second-order valence-electron chi connectivity index (χ2n) is 8.31. The fraction of sp³-hybridized carbons (Fsp3) is 0.409. The summed E-state index contributed by atoms with van der Waals surface area (Å²) in [7, 11) is -1.34. The molecule has 0 spiro atoms. The zero-order valence-corrected chi connectivity index (χ0v) is 18.3. The van der Waals surface area contributed by atoms with E-state index in [0.29, 0.717) is 4.90 Å². The van der Waals surface area contributed by atoms with Crippen LogP contribution in [-0.4, -0.2) is 39.1 Å². The maximum absolute atomic E-state index is 12.4. The fourth-order valence-corrected chi connectivity index (χ4v) is 3.50. The summed E-state index contributed by atoms with van der Waals surface area (Å²) in [5.74, 6) is -0.0920. The second-order valence-corrected chi connectivity index (χ2v) is 10.3. The SMILES string of the molecule is CC(c1ccc(S(C)(=O)=O)cc1)N(C)CC(=O)Nc1ccc(C(C)(C)C)cc1. The molecule has 28 heavy (non-hydrogen) atoms. The third-order valence-electron chi connectivity index (χ3n) is 4.88. The Morgan fingerprint density at radius 2 is 1.57 bits per heavy atom. The normalized spacial score (nSPS) is 13.4. The summed E-state index contributed by atoms with van der Waals surface area (Å²) in [6.07, 6.45) is 1.19. The summed E-state index contributed by atoms with van der Waals surface area (Å²) in [5, 5.41) is 2.93. The second kappa shape index (κ2) is 8.45. The lowest BCUT2D eigenvalue weighted by Gasteiger charge is -2.25. The van der Waals surface area contributed by atoms with Crippen molar-refractivity contribution in [2.75, 3.05) is 25.2 Å². The minimum absolute atomic E-state index is 0.0253. The number of carbonyl (C=O) groups excluding carboxylic acids is 1. The van der Waals surface area contributed by atoms with E-state index in [1.54, 1.807) is 24.3 Å². The van der Waals surface area contributed by atoms with E-state index in [-0.39, 0.29) is 23.9 Å². The predicted octanol–water partition coefficient (Wildman–Crippen LogP) is 4.02. The molecule has 2 rings (SSSR count). The molecule has 0 heterocycles. The van der Waals surface area contributed by atoms with E-state index >= 15 is 0 Å². The monoisotopic (exact) mass is 402 g/mol. The quantitative estimate of drug-likeness (QED) is 0.792. The Morgan fingerprint density at radius 3 is 2.04 bits per heavy atom. The number of nitrogens with one attached hydrogen (secondary N) is 1. The molecule has 0 aliphatic heterocycles. The van der Waals surface area contributed by atoms with Crippen LogP contribution in [0.1, 0.15) is 44.9 Å². The van der Waals surface area contributed by atoms with Crippen molar-refractivity contribution in [3.05, 3.63) is 59.7 Å². The number of hydrogen-bond acceptors (Lipinski definition) is 4. The lowest BCUT2D eigenvalue weighted by Crippen LogP contribution is -2.32. The Kier molecular flexibility index (Phi) is 6.67. The van der Waals surface area contributed by atoms with Gasteiger partial charge in [0.1, 0.15) is 0 Å². The third kappa shape index (κ3) is 5.91. The maximum atomic E-state index is 12.4. The summed E-state index contributed by atoms with van der Waals surface area (Å²) in [6, 6.07) is 14.7. The van der Waals surface area contributed by atoms with Gasteiger partial charge in [0.25, 0.3) is 0 Å². The van der Waals surface area contributed by atoms with Crippen LogP contribution in [0.25, 0.3) is 0 Å². The molecule has 2 aromatic rings. The van der Waals surface area contributed by atoms with E-state index in [9.17, 15) is 13.2 Å². The number of sulfone groups is 1. The minimum Gasteiger partial charge on any atom is -0.325 e. The van der Waals surface area contributed by atoms with Crippen LogP contribution >= 0.6 is 0 Å². The Hall–Kier alpha value is -2.18. The highest BCUT2D eigenvalue weighted by molar-refractivity contribution is 7.90. The zero-order chi connectivity index (χ0) is 21.1. The molecule has 0 saturated carbocycles. The molecule has 1 amide bonds. The van der Waals surface area contributed by atoms with Gasteiger partial charge in [0, 0.05) is 18.0 Å². The van der Waals surface area contributed by atoms with Gasteiger partial charge in [-0.05, 0) is 54.8 Å². The number of hydrogen-bond donors (Lipinski definition) is 1. The van der Waals surface area contributed by atoms with E-state index in [0.717, 1.165) is 11.3 Å². The molecule has 6 heteroatoms. The van der Waals surface area contributed by atoms with Gasteiger partial charge in [-0.3, -0.25) is 9.69 Å². The summed E-state index contributed by atoms with van der Waals surface area (Å²) in [4.78, 5) is 14.6. The fourth-order valence-electron chi connectivity index (χ4n) is 2.87. The topological polar surface area (TPSA) is 66.5 Å². The van der Waals surface area contributed by atoms with Crippen LogP contribution in [0.2, 0.25) is 0 Å². The van der Waals surface area contributed by atoms with Crippen molar-refractivity contribution in [3.63, 3.8) is 0 Å². The van der Waals surface area contributed by atoms with Crippen molar-refractivity contribution in [1.82, 2.24) is 4.90 Å². The smallest absolute Gasteiger partial charge is 0.238 e. The van der Waals surface area contributed by atoms with Crippen molar-refractivity contribution >= 4 is 21.4 Å². The predicted molar refractivity (Wildman–Crippen MR) is 114 cm³/mol. The van der Waals surface area contributed by atoms with Gasteiger partial charge >= 0.3 is 0 Å². The highest BCUT2D eigenvalue weighted by Crippen LogP contribution is 2.24. The van der Waals surface area contributed by atoms with Crippen molar-refractivity contribution in [2.45, 2.75) is 44.0 Å². The lowest BCUT2D eigenvalue weighted by molar-refractivity contribution is -0.117. The van der Waals surface area contributed by atoms with Crippen LogP contribution in [-0.2, 0) is 20.0 Å². The molecule has 2 aromatic carbocycles. The molecule has 0 radical (unpaired) electrons. The molecular weight excluding hydrogens is 372 g/mol. The van der Waals surface area contributed by atoms with E-state index in [1.165, 1.54) is 11.8 Å². The van der Waals surface area contributed by atoms with Gasteiger partial charge in [-0.1, -0.05) is 45.0 Å². The third-order valence-corrected chi connectivity index (χ3v) is 6.01. The minimum atomic E-state index is -3.21. The first-order chi connectivity index (χ1) is 12.9. The zero-order valence-electron chi connectivity index (χ0n) is 17.5. The summed E-state index contributed by atoms with van der Waals surface area (Å²) >= 11 is 0. The Bertz CT molecular complexity index is 912. The number of anilines is 1. The van der Waals surface area contributed by atoms with Gasteiger partial charge in [0.2, 0.25) is 5.91 Å². The highest BCUT2D eigenvalue weighted by Gasteiger charge is 2.17. The molecule has 1 N–H and O–H groups in total. The largest absolute Gasteiger partial charge is 0.325 e. The van der Waals surface area contributed by atoms with Gasteiger partial charge in [0.15, 0.2) is 9.84 Å². The number of rotatable bonds is 6. The average molecular weight is 403 g/mol. The molecular formula is C22H30N2O3S. The van der Waals surface area contributed by atoms with Crippen molar-refractivity contribution < 1.29 is 13.2 Å². The first kappa shape index (κ1) is 22.1. The molecule has 1 unspecified atom stereocenters. The van der Waals surface area contributed by atoms with Crippen LogP contribution in [0.3, 0.4) is 0 Å². The number of likely N-dealkylation sites (N-methyl/N-ethyl adjacent to an activating group) is 1. The van der Waals surface area contributed by atoms with Crippen molar-refractivity contribution in [1.29, 1.82) is 0 Å². The number of nitrogens with zero attached hydrogens (tertiary/aromatic N) is 1. The van der Waals surface area contributed by atoms with Crippen LogP contribution in [0.15, 0.2) is 53.4 Å². The van der Waals surface area contributed by atoms with Crippen molar-refractivity contribution in [3.8, 4) is 0 Å². The molecule has 0 bridgehead atoms. The van der Waals surface area contributed by atoms with E-state index in [1.807, 2.05) is 43.1 Å². The molecule has 0 aliphatic rings. The highest BCUT2D eigenvalue weighted by atomic mass is 32.2. The van der Waals surface area contributed by atoms with Gasteiger partial charge < -0.3 is 5.32 Å². The summed E-state index contributed by atoms with van der Waals surface area (Å²) in [5.41, 5.74) is 3.02. The van der Waals surface area contributed by atoms with Crippen LogP contribution < -0.4 is 5.32 Å². The van der Waals surface area contributed by atoms with Crippen LogP contribution in [0.5, 0.6) is 0 Å². The summed E-state index contributed by atoms with van der Waals surface area (Å²) in [6.45, 7) is 8.68. The van der Waals surface area contributed by atoms with E-state index in [2.05, 4.69) is 26.1 Å². The van der Waals surface area contributed by atoms with Crippen LogP contribution in [0.4, 0.5) is 5.69 Å². The van der Waals surface area contributed by atoms with Gasteiger partial charge in [-0.2, -0.15) is 0 Å². The maximum Gasteiger partial charge on any atom is 0.238 e. The molecule has 0 saturated heterocycles. The van der Waals surface area contributed by atoms with Gasteiger partial charge in [-0.15, -0.1) is 0 Å². The average Bonchev–Trinajstić information content (AvgIpc) is 2.60. The van der Waals surface area contributed by atoms with E-state index in [4.69, 9.17) is 0 Å². The first-order valence-electron chi connectivity index (χ1n) is 9.28. The molecule has 0 aromatic heterocycles. The molecule has 1 atom stereocenters. The first-order valence-corrected chi connectivity index (χ1v) is 11.2. The number of benzene rings is 2. The number of amides is 1. The Labute approximate surface area is 168 Å². The van der Waals surface area contributed by atoms with Crippen molar-refractivity contribution in [2.24, 2.45) is 0 Å². The summed E-state index contributed by atoms with van der Waals surface area (Å²) < 4.78 is 23.2. The van der Waals surface area contributed by atoms with Gasteiger partial charge in [-0.25, -0.2) is 8.42 Å². The lowest BCUT2D eigenvalue weighted by atomic mass is 9.87. The number of carbonyl (C=O) groups is 1. The van der Waals surface area contributed by atoms with E-state index < -0.39 is 9.84 Å². The Balaban J connectivity index is 1.97. The molecule has 5 nitrogen and oxygen atoms in total. The van der Waals surface area contributed by atoms with Crippen LogP contribution in [0, 0.1) is 0 Å². The Morgan fingerprint density at radius 1 is 1.04 bits per heavy atom. The molecule has 0 aliphatic carbocycles. The van der Waals surface area contributed by atoms with Gasteiger partial charge in [0.05, 0.1) is 11.4 Å². The molecule has 0 fully saturated rings. The standard InChI is InChI=1S/C22H30N2O3S/c1-16(17-7-13-20(14-8-17)28(6,26)27)24(5)15-21(25)23-19-11-9-18(10-12-19)22(2,3)4/h7-14,16H,15H2,1-6H3,(H,23,25). The molecule has 152 valence electrons.